The number of amides is 1. The number of methoxy groups -OCH3 is 1. The van der Waals surface area contributed by atoms with Gasteiger partial charge in [0, 0.05) is 32.7 Å². The molecule has 0 aromatic carbocycles. The fourth-order valence-electron chi connectivity index (χ4n) is 3.67. The van der Waals surface area contributed by atoms with E-state index in [1.54, 1.807) is 7.11 Å². The minimum Gasteiger partial charge on any atom is -0.383 e. The van der Waals surface area contributed by atoms with Gasteiger partial charge in [-0.1, -0.05) is 6.92 Å². The summed E-state index contributed by atoms with van der Waals surface area (Å²) in [5, 5.41) is 0. The molecule has 1 saturated carbocycles. The Kier molecular flexibility index (Phi) is 4.71. The highest BCUT2D eigenvalue weighted by molar-refractivity contribution is 7.88. The van der Waals surface area contributed by atoms with Crippen LogP contribution in [0.5, 0.6) is 0 Å². The third-order valence-corrected chi connectivity index (χ3v) is 5.33. The third kappa shape index (κ3) is 3.32. The van der Waals surface area contributed by atoms with E-state index in [0.29, 0.717) is 32.0 Å². The molecule has 1 aliphatic carbocycles. The van der Waals surface area contributed by atoms with Crippen molar-refractivity contribution in [1.82, 2.24) is 9.62 Å². The lowest BCUT2D eigenvalue weighted by atomic mass is 9.89. The van der Waals surface area contributed by atoms with E-state index < -0.39 is 10.0 Å². The lowest BCUT2D eigenvalue weighted by Crippen LogP contribution is -2.36. The molecule has 116 valence electrons. The molecule has 0 bridgehead atoms. The second-order valence-corrected chi connectivity index (χ2v) is 7.85. The standard InChI is InChI=1S/C13H24N2O4S/c1-9-6-12-10(11(9)8-14-20(3,17)18)7-13(16)15(12)4-5-19-2/h9-12,14H,4-8H2,1-3H3/t9-,10-,11+,12+/m0/s1. The van der Waals surface area contributed by atoms with E-state index >= 15 is 0 Å². The number of rotatable bonds is 6. The first-order valence-electron chi connectivity index (χ1n) is 7.06. The molecular formula is C13H24N2O4S. The Morgan fingerprint density at radius 2 is 2.15 bits per heavy atom. The summed E-state index contributed by atoms with van der Waals surface area (Å²) in [4.78, 5) is 14.0. The number of nitrogens with zero attached hydrogens (tertiary/aromatic N) is 1. The molecule has 1 amide bonds. The summed E-state index contributed by atoms with van der Waals surface area (Å²) in [7, 11) is -1.54. The zero-order chi connectivity index (χ0) is 14.9. The number of hydrogen-bond donors (Lipinski definition) is 1. The number of nitrogens with one attached hydrogen (secondary N) is 1. The number of ether oxygens (including phenoxy) is 1. The number of likely N-dealkylation sites (tertiary alicyclic amines) is 1. The van der Waals surface area contributed by atoms with E-state index in [9.17, 15) is 13.2 Å². The van der Waals surface area contributed by atoms with E-state index in [-0.39, 0.29) is 23.8 Å². The summed E-state index contributed by atoms with van der Waals surface area (Å²) in [5.41, 5.74) is 0. The van der Waals surface area contributed by atoms with Crippen molar-refractivity contribution in [2.75, 3.05) is 33.1 Å². The molecule has 2 rings (SSSR count). The van der Waals surface area contributed by atoms with Gasteiger partial charge in [0.1, 0.15) is 0 Å². The molecule has 1 saturated heterocycles. The quantitative estimate of drug-likeness (QED) is 0.752. The van der Waals surface area contributed by atoms with Crippen molar-refractivity contribution in [3.8, 4) is 0 Å². The highest BCUT2D eigenvalue weighted by Gasteiger charge is 2.50. The first-order chi connectivity index (χ1) is 9.33. The van der Waals surface area contributed by atoms with Gasteiger partial charge in [-0.3, -0.25) is 4.79 Å². The summed E-state index contributed by atoms with van der Waals surface area (Å²) in [6.07, 6.45) is 2.67. The van der Waals surface area contributed by atoms with Crippen LogP contribution in [0.1, 0.15) is 19.8 Å². The first kappa shape index (κ1) is 15.7. The van der Waals surface area contributed by atoms with Crippen molar-refractivity contribution in [2.45, 2.75) is 25.8 Å². The van der Waals surface area contributed by atoms with Crippen molar-refractivity contribution in [2.24, 2.45) is 17.8 Å². The van der Waals surface area contributed by atoms with Crippen LogP contribution < -0.4 is 4.72 Å². The summed E-state index contributed by atoms with van der Waals surface area (Å²) < 4.78 is 30.2. The lowest BCUT2D eigenvalue weighted by Gasteiger charge is -2.24. The molecule has 1 aliphatic heterocycles. The SMILES string of the molecule is COCCN1C(=O)C[C@H]2[C@H](CNS(C)(=O)=O)[C@@H](C)C[C@H]21. The Labute approximate surface area is 120 Å². The number of carbonyl (C=O) groups excluding carboxylic acids is 1. The smallest absolute Gasteiger partial charge is 0.223 e. The van der Waals surface area contributed by atoms with Gasteiger partial charge >= 0.3 is 0 Å². The van der Waals surface area contributed by atoms with Crippen molar-refractivity contribution in [3.63, 3.8) is 0 Å². The van der Waals surface area contributed by atoms with Gasteiger partial charge in [-0.2, -0.15) is 0 Å². The highest BCUT2D eigenvalue weighted by Crippen LogP contribution is 2.45. The maximum absolute atomic E-state index is 12.1. The Morgan fingerprint density at radius 1 is 1.45 bits per heavy atom. The maximum atomic E-state index is 12.1. The zero-order valence-electron chi connectivity index (χ0n) is 12.3. The Balaban J connectivity index is 2.02. The van der Waals surface area contributed by atoms with Crippen LogP contribution >= 0.6 is 0 Å². The molecule has 0 aromatic heterocycles. The molecule has 6 nitrogen and oxygen atoms in total. The number of hydrogen-bond acceptors (Lipinski definition) is 4. The van der Waals surface area contributed by atoms with Crippen LogP contribution in [0.2, 0.25) is 0 Å². The predicted molar refractivity (Wildman–Crippen MR) is 75.6 cm³/mol. The van der Waals surface area contributed by atoms with Gasteiger partial charge in [-0.05, 0) is 24.2 Å². The number of carbonyl (C=O) groups is 1. The zero-order valence-corrected chi connectivity index (χ0v) is 13.1. The molecule has 1 heterocycles. The second kappa shape index (κ2) is 5.99. The first-order valence-corrected chi connectivity index (χ1v) is 8.95. The number of sulfonamides is 1. The van der Waals surface area contributed by atoms with E-state index in [4.69, 9.17) is 4.74 Å². The lowest BCUT2D eigenvalue weighted by molar-refractivity contribution is -0.129. The normalized spacial score (nSPS) is 33.8. The van der Waals surface area contributed by atoms with Gasteiger partial charge in [0.2, 0.25) is 15.9 Å². The van der Waals surface area contributed by atoms with Gasteiger partial charge in [0.25, 0.3) is 0 Å². The van der Waals surface area contributed by atoms with E-state index in [1.807, 2.05) is 4.90 Å². The van der Waals surface area contributed by atoms with Crippen LogP contribution in [0.4, 0.5) is 0 Å². The average Bonchev–Trinajstić information content (AvgIpc) is 2.78. The van der Waals surface area contributed by atoms with Crippen LogP contribution in [-0.4, -0.2) is 58.3 Å². The molecule has 20 heavy (non-hydrogen) atoms. The summed E-state index contributed by atoms with van der Waals surface area (Å²) >= 11 is 0. The number of fused-ring (bicyclic) bond motifs is 1. The van der Waals surface area contributed by atoms with Crippen molar-refractivity contribution < 1.29 is 17.9 Å². The Morgan fingerprint density at radius 3 is 2.75 bits per heavy atom. The fraction of sp³-hybridized carbons (Fsp3) is 0.923. The molecule has 0 aromatic rings. The van der Waals surface area contributed by atoms with Crippen LogP contribution in [0.15, 0.2) is 0 Å². The van der Waals surface area contributed by atoms with Crippen LogP contribution in [0, 0.1) is 17.8 Å². The van der Waals surface area contributed by atoms with Crippen molar-refractivity contribution in [1.29, 1.82) is 0 Å². The molecule has 0 unspecified atom stereocenters. The predicted octanol–water partition coefficient (Wildman–Crippen LogP) is 0.0551. The Hall–Kier alpha value is -0.660. The largest absolute Gasteiger partial charge is 0.383 e. The molecule has 2 aliphatic rings. The van der Waals surface area contributed by atoms with Crippen molar-refractivity contribution in [3.05, 3.63) is 0 Å². The molecular weight excluding hydrogens is 280 g/mol. The minimum atomic E-state index is -3.17. The highest BCUT2D eigenvalue weighted by atomic mass is 32.2. The van der Waals surface area contributed by atoms with Crippen LogP contribution in [0.3, 0.4) is 0 Å². The summed E-state index contributed by atoms with van der Waals surface area (Å²) in [5.74, 6) is 1.11. The second-order valence-electron chi connectivity index (χ2n) is 6.01. The monoisotopic (exact) mass is 304 g/mol. The van der Waals surface area contributed by atoms with E-state index in [0.717, 1.165) is 6.42 Å². The van der Waals surface area contributed by atoms with Gasteiger partial charge < -0.3 is 9.64 Å². The fourth-order valence-corrected chi connectivity index (χ4v) is 4.16. The van der Waals surface area contributed by atoms with Gasteiger partial charge in [0.05, 0.1) is 12.9 Å². The van der Waals surface area contributed by atoms with Gasteiger partial charge in [-0.25, -0.2) is 13.1 Å². The molecule has 4 atom stereocenters. The summed E-state index contributed by atoms with van der Waals surface area (Å²) in [6, 6.07) is 0.249. The van der Waals surface area contributed by atoms with Crippen molar-refractivity contribution >= 4 is 15.9 Å². The van der Waals surface area contributed by atoms with Gasteiger partial charge in [-0.15, -0.1) is 0 Å². The summed E-state index contributed by atoms with van der Waals surface area (Å²) in [6.45, 7) is 3.77. The average molecular weight is 304 g/mol. The Bertz CT molecular complexity index is 465. The van der Waals surface area contributed by atoms with E-state index in [2.05, 4.69) is 11.6 Å². The van der Waals surface area contributed by atoms with Crippen LogP contribution in [0.25, 0.3) is 0 Å². The minimum absolute atomic E-state index is 0.174. The molecule has 7 heteroatoms. The third-order valence-electron chi connectivity index (χ3n) is 4.64. The van der Waals surface area contributed by atoms with Gasteiger partial charge in [0.15, 0.2) is 0 Å². The molecule has 0 spiro atoms. The van der Waals surface area contributed by atoms with E-state index in [1.165, 1.54) is 6.26 Å². The molecule has 0 radical (unpaired) electrons. The maximum Gasteiger partial charge on any atom is 0.223 e. The molecule has 1 N–H and O–H groups in total. The molecule has 2 fully saturated rings. The topological polar surface area (TPSA) is 75.7 Å². The van der Waals surface area contributed by atoms with Crippen LogP contribution in [-0.2, 0) is 19.6 Å².